The van der Waals surface area contributed by atoms with Gasteiger partial charge in [-0.25, -0.2) is 8.42 Å². The third-order valence-corrected chi connectivity index (χ3v) is 5.72. The fourth-order valence-electron chi connectivity index (χ4n) is 2.62. The summed E-state index contributed by atoms with van der Waals surface area (Å²) in [6, 6.07) is 7.81. The molecule has 7 heteroatoms. The highest BCUT2D eigenvalue weighted by Gasteiger charge is 2.38. The Hall–Kier alpha value is -1.37. The Kier molecular flexibility index (Phi) is 3.77. The van der Waals surface area contributed by atoms with Crippen molar-refractivity contribution in [1.29, 1.82) is 0 Å². The SMILES string of the molecule is Cc1cc([C@H]2CCCN2S(=O)(=O)c2cccc(Cl)c2)on1. The maximum atomic E-state index is 12.8. The second kappa shape index (κ2) is 5.44. The Labute approximate surface area is 128 Å². The van der Waals surface area contributed by atoms with Gasteiger partial charge in [0.2, 0.25) is 10.0 Å². The van der Waals surface area contributed by atoms with Crippen molar-refractivity contribution in [2.75, 3.05) is 6.54 Å². The van der Waals surface area contributed by atoms with Crippen LogP contribution in [0.15, 0.2) is 39.8 Å². The minimum Gasteiger partial charge on any atom is -0.359 e. The zero-order valence-corrected chi connectivity index (χ0v) is 13.1. The van der Waals surface area contributed by atoms with Gasteiger partial charge in [0.25, 0.3) is 0 Å². The molecular weight excluding hydrogens is 312 g/mol. The predicted molar refractivity (Wildman–Crippen MR) is 78.6 cm³/mol. The van der Waals surface area contributed by atoms with Crippen molar-refractivity contribution in [2.24, 2.45) is 0 Å². The summed E-state index contributed by atoms with van der Waals surface area (Å²) in [7, 11) is -3.59. The van der Waals surface area contributed by atoms with Gasteiger partial charge in [-0.2, -0.15) is 4.31 Å². The van der Waals surface area contributed by atoms with Crippen molar-refractivity contribution in [2.45, 2.75) is 30.7 Å². The molecule has 1 aromatic heterocycles. The molecule has 21 heavy (non-hydrogen) atoms. The largest absolute Gasteiger partial charge is 0.359 e. The van der Waals surface area contributed by atoms with Crippen LogP contribution < -0.4 is 0 Å². The molecule has 1 aliphatic rings. The lowest BCUT2D eigenvalue weighted by molar-refractivity contribution is 0.297. The molecule has 0 aliphatic carbocycles. The number of halogens is 1. The van der Waals surface area contributed by atoms with Gasteiger partial charge in [0.15, 0.2) is 5.76 Å². The van der Waals surface area contributed by atoms with Crippen molar-refractivity contribution in [3.63, 3.8) is 0 Å². The van der Waals surface area contributed by atoms with Crippen molar-refractivity contribution in [1.82, 2.24) is 9.46 Å². The van der Waals surface area contributed by atoms with E-state index in [9.17, 15) is 8.42 Å². The van der Waals surface area contributed by atoms with E-state index in [0.29, 0.717) is 17.3 Å². The summed E-state index contributed by atoms with van der Waals surface area (Å²) in [5.74, 6) is 0.593. The van der Waals surface area contributed by atoms with Crippen LogP contribution in [-0.2, 0) is 10.0 Å². The van der Waals surface area contributed by atoms with Crippen LogP contribution in [0.4, 0.5) is 0 Å². The van der Waals surface area contributed by atoms with Crippen LogP contribution >= 0.6 is 11.6 Å². The molecule has 112 valence electrons. The van der Waals surface area contributed by atoms with Gasteiger partial charge in [0.1, 0.15) is 0 Å². The van der Waals surface area contributed by atoms with Gasteiger partial charge in [0.05, 0.1) is 16.6 Å². The monoisotopic (exact) mass is 326 g/mol. The summed E-state index contributed by atoms with van der Waals surface area (Å²) in [4.78, 5) is 0.207. The normalized spacial score (nSPS) is 20.0. The first-order valence-electron chi connectivity index (χ1n) is 6.69. The standard InChI is InChI=1S/C14H15ClN2O3S/c1-10-8-14(20-16-10)13-6-3-7-17(13)21(18,19)12-5-2-4-11(15)9-12/h2,4-5,8-9,13H,3,6-7H2,1H3/t13-/m1/s1. The van der Waals surface area contributed by atoms with Gasteiger partial charge in [0, 0.05) is 17.6 Å². The Morgan fingerprint density at radius 3 is 2.86 bits per heavy atom. The van der Waals surface area contributed by atoms with E-state index in [1.54, 1.807) is 24.3 Å². The van der Waals surface area contributed by atoms with Gasteiger partial charge in [-0.1, -0.05) is 22.8 Å². The summed E-state index contributed by atoms with van der Waals surface area (Å²) in [5, 5.41) is 4.25. The number of nitrogens with zero attached hydrogens (tertiary/aromatic N) is 2. The first-order valence-corrected chi connectivity index (χ1v) is 8.51. The smallest absolute Gasteiger partial charge is 0.243 e. The van der Waals surface area contributed by atoms with Crippen molar-refractivity contribution >= 4 is 21.6 Å². The van der Waals surface area contributed by atoms with Gasteiger partial charge in [-0.3, -0.25) is 0 Å². The quantitative estimate of drug-likeness (QED) is 0.869. The summed E-state index contributed by atoms with van der Waals surface area (Å²) in [6.45, 7) is 2.29. The zero-order valence-electron chi connectivity index (χ0n) is 11.5. The average Bonchev–Trinajstić information content (AvgIpc) is 3.07. The van der Waals surface area contributed by atoms with Crippen LogP contribution in [0.1, 0.15) is 30.3 Å². The van der Waals surface area contributed by atoms with Gasteiger partial charge in [-0.05, 0) is 38.0 Å². The van der Waals surface area contributed by atoms with Gasteiger partial charge < -0.3 is 4.52 Å². The molecule has 0 amide bonds. The van der Waals surface area contributed by atoms with Crippen LogP contribution in [0.25, 0.3) is 0 Å². The number of hydrogen-bond acceptors (Lipinski definition) is 4. The molecule has 2 heterocycles. The van der Waals surface area contributed by atoms with E-state index in [0.717, 1.165) is 18.5 Å². The van der Waals surface area contributed by atoms with E-state index in [1.165, 1.54) is 10.4 Å². The molecule has 1 aliphatic heterocycles. The Bertz CT molecular complexity index is 757. The minimum absolute atomic E-state index is 0.207. The molecule has 3 rings (SSSR count). The van der Waals surface area contributed by atoms with Crippen molar-refractivity contribution in [3.05, 3.63) is 46.8 Å². The fraction of sp³-hybridized carbons (Fsp3) is 0.357. The Morgan fingerprint density at radius 1 is 1.38 bits per heavy atom. The minimum atomic E-state index is -3.59. The van der Waals surface area contributed by atoms with Crippen molar-refractivity contribution in [3.8, 4) is 0 Å². The number of sulfonamides is 1. The number of hydrogen-bond donors (Lipinski definition) is 0. The van der Waals surface area contributed by atoms with Crippen LogP contribution in [0.3, 0.4) is 0 Å². The number of benzene rings is 1. The molecule has 5 nitrogen and oxygen atoms in total. The fourth-order valence-corrected chi connectivity index (χ4v) is 4.58. The lowest BCUT2D eigenvalue weighted by atomic mass is 10.2. The topological polar surface area (TPSA) is 63.4 Å². The summed E-state index contributed by atoms with van der Waals surface area (Å²) < 4.78 is 32.3. The highest BCUT2D eigenvalue weighted by Crippen LogP contribution is 2.37. The molecule has 0 bridgehead atoms. The van der Waals surface area contributed by atoms with Crippen LogP contribution in [0.2, 0.25) is 5.02 Å². The third-order valence-electron chi connectivity index (χ3n) is 3.58. The maximum absolute atomic E-state index is 12.8. The van der Waals surface area contributed by atoms with Crippen LogP contribution in [-0.4, -0.2) is 24.4 Å². The number of aryl methyl sites for hydroxylation is 1. The maximum Gasteiger partial charge on any atom is 0.243 e. The summed E-state index contributed by atoms with van der Waals surface area (Å²) >= 11 is 5.90. The molecule has 0 unspecified atom stereocenters. The lowest BCUT2D eigenvalue weighted by Gasteiger charge is -2.22. The molecule has 1 atom stereocenters. The highest BCUT2D eigenvalue weighted by molar-refractivity contribution is 7.89. The number of rotatable bonds is 3. The summed E-state index contributed by atoms with van der Waals surface area (Å²) in [5.41, 5.74) is 0.747. The molecule has 0 radical (unpaired) electrons. The Balaban J connectivity index is 1.98. The highest BCUT2D eigenvalue weighted by atomic mass is 35.5. The first-order chi connectivity index (χ1) is 9.98. The molecule has 1 aromatic carbocycles. The van der Waals surface area contributed by atoms with E-state index in [-0.39, 0.29) is 10.9 Å². The summed E-state index contributed by atoms with van der Waals surface area (Å²) in [6.07, 6.45) is 1.53. The lowest BCUT2D eigenvalue weighted by Crippen LogP contribution is -2.30. The average molecular weight is 327 g/mol. The predicted octanol–water partition coefficient (Wildman–Crippen LogP) is 3.16. The molecule has 0 saturated carbocycles. The molecule has 2 aromatic rings. The van der Waals surface area contributed by atoms with E-state index < -0.39 is 10.0 Å². The Morgan fingerprint density at radius 2 is 2.19 bits per heavy atom. The van der Waals surface area contributed by atoms with E-state index in [2.05, 4.69) is 5.16 Å². The third kappa shape index (κ3) is 2.71. The van der Waals surface area contributed by atoms with Crippen LogP contribution in [0.5, 0.6) is 0 Å². The molecule has 1 fully saturated rings. The van der Waals surface area contributed by atoms with Crippen LogP contribution in [0, 0.1) is 6.92 Å². The second-order valence-electron chi connectivity index (χ2n) is 5.10. The molecule has 1 saturated heterocycles. The van der Waals surface area contributed by atoms with E-state index in [4.69, 9.17) is 16.1 Å². The molecule has 0 spiro atoms. The molecular formula is C14H15ClN2O3S. The van der Waals surface area contributed by atoms with Gasteiger partial charge in [-0.15, -0.1) is 0 Å². The first kappa shape index (κ1) is 14.6. The van der Waals surface area contributed by atoms with E-state index in [1.807, 2.05) is 6.92 Å². The second-order valence-corrected chi connectivity index (χ2v) is 7.43. The van der Waals surface area contributed by atoms with Crippen molar-refractivity contribution < 1.29 is 12.9 Å². The zero-order chi connectivity index (χ0) is 15.0. The van der Waals surface area contributed by atoms with Gasteiger partial charge >= 0.3 is 0 Å². The van der Waals surface area contributed by atoms with E-state index >= 15 is 0 Å². The number of aromatic nitrogens is 1. The molecule has 0 N–H and O–H groups in total.